The summed E-state index contributed by atoms with van der Waals surface area (Å²) in [6.45, 7) is 3.70. The van der Waals surface area contributed by atoms with Gasteiger partial charge in [-0.05, 0) is 26.7 Å². The molecule has 0 aliphatic carbocycles. The number of carboxylic acids is 1. The van der Waals surface area contributed by atoms with Crippen LogP contribution in [0, 0.1) is 5.92 Å². The van der Waals surface area contributed by atoms with Crippen molar-refractivity contribution in [1.82, 2.24) is 9.80 Å². The van der Waals surface area contributed by atoms with Gasteiger partial charge in [0.25, 0.3) is 0 Å². The van der Waals surface area contributed by atoms with Crippen molar-refractivity contribution >= 4 is 17.9 Å². The summed E-state index contributed by atoms with van der Waals surface area (Å²) in [5.41, 5.74) is 3.96. The second-order valence-corrected chi connectivity index (χ2v) is 5.39. The van der Waals surface area contributed by atoms with Gasteiger partial charge in [-0.15, -0.1) is 0 Å². The van der Waals surface area contributed by atoms with Gasteiger partial charge in [-0.2, -0.15) is 0 Å². The maximum Gasteiger partial charge on any atom is 0.329 e. The molecular formula is C12H21N3O4. The van der Waals surface area contributed by atoms with E-state index >= 15 is 0 Å². The Morgan fingerprint density at radius 3 is 2.42 bits per heavy atom. The summed E-state index contributed by atoms with van der Waals surface area (Å²) in [6.07, 6.45) is 1.37. The van der Waals surface area contributed by atoms with Gasteiger partial charge in [-0.25, -0.2) is 9.59 Å². The number of likely N-dealkylation sites (tertiary alicyclic amines) is 1. The van der Waals surface area contributed by atoms with Crippen molar-refractivity contribution < 1.29 is 19.5 Å². The molecule has 3 amide bonds. The number of carbonyl (C=O) groups is 3. The van der Waals surface area contributed by atoms with Gasteiger partial charge in [0.05, 0.1) is 5.92 Å². The number of hydrogen-bond donors (Lipinski definition) is 2. The summed E-state index contributed by atoms with van der Waals surface area (Å²) in [5.74, 6) is -1.84. The molecule has 0 aromatic rings. The van der Waals surface area contributed by atoms with Crippen LogP contribution in [0.5, 0.6) is 0 Å². The molecule has 0 saturated carbocycles. The Morgan fingerprint density at radius 2 is 1.95 bits per heavy atom. The van der Waals surface area contributed by atoms with E-state index in [0.717, 1.165) is 0 Å². The van der Waals surface area contributed by atoms with Gasteiger partial charge >= 0.3 is 12.0 Å². The lowest BCUT2D eigenvalue weighted by Gasteiger charge is -2.38. The van der Waals surface area contributed by atoms with E-state index < -0.39 is 23.4 Å². The van der Waals surface area contributed by atoms with E-state index in [1.54, 1.807) is 0 Å². The fraction of sp³-hybridized carbons (Fsp3) is 0.750. The van der Waals surface area contributed by atoms with Crippen molar-refractivity contribution in [2.75, 3.05) is 20.1 Å². The fourth-order valence-corrected chi connectivity index (χ4v) is 1.98. The quantitative estimate of drug-likeness (QED) is 0.759. The van der Waals surface area contributed by atoms with Crippen LogP contribution in [0.15, 0.2) is 0 Å². The number of hydrogen-bond acceptors (Lipinski definition) is 3. The lowest BCUT2D eigenvalue weighted by Crippen LogP contribution is -2.57. The largest absolute Gasteiger partial charge is 0.480 e. The predicted octanol–water partition coefficient (Wildman–Crippen LogP) is 0.0987. The maximum absolute atomic E-state index is 12.3. The molecule has 0 radical (unpaired) electrons. The summed E-state index contributed by atoms with van der Waals surface area (Å²) in [4.78, 5) is 37.2. The van der Waals surface area contributed by atoms with Gasteiger partial charge in [0, 0.05) is 20.1 Å². The number of nitrogens with zero attached hydrogens (tertiary/aromatic N) is 2. The first-order valence-electron chi connectivity index (χ1n) is 6.23. The molecule has 1 unspecified atom stereocenters. The minimum atomic E-state index is -1.29. The summed E-state index contributed by atoms with van der Waals surface area (Å²) < 4.78 is 0. The molecule has 3 N–H and O–H groups in total. The van der Waals surface area contributed by atoms with E-state index in [-0.39, 0.29) is 12.5 Å². The van der Waals surface area contributed by atoms with Crippen molar-refractivity contribution in [1.29, 1.82) is 0 Å². The molecule has 0 aromatic carbocycles. The highest BCUT2D eigenvalue weighted by Gasteiger charge is 2.38. The van der Waals surface area contributed by atoms with Crippen LogP contribution in [0.4, 0.5) is 4.79 Å². The number of primary amides is 1. The third kappa shape index (κ3) is 3.15. The first kappa shape index (κ1) is 15.3. The van der Waals surface area contributed by atoms with Crippen molar-refractivity contribution in [3.63, 3.8) is 0 Å². The zero-order valence-electron chi connectivity index (χ0n) is 11.5. The zero-order valence-corrected chi connectivity index (χ0v) is 11.5. The lowest BCUT2D eigenvalue weighted by molar-refractivity contribution is -0.147. The number of likely N-dealkylation sites (N-methyl/N-ethyl adjacent to an activating group) is 1. The SMILES string of the molecule is CN(C(=O)N1CCCC(C(N)=O)C1)C(C)(C)C(=O)O. The number of aliphatic carboxylic acids is 1. The molecule has 1 heterocycles. The standard InChI is InChI=1S/C12H21N3O4/c1-12(2,10(17)18)14(3)11(19)15-6-4-5-8(7-15)9(13)16/h8H,4-7H2,1-3H3,(H2,13,16)(H,17,18). The Balaban J connectivity index is 2.77. The van der Waals surface area contributed by atoms with Crippen LogP contribution in [-0.4, -0.2) is 58.5 Å². The monoisotopic (exact) mass is 271 g/mol. The third-order valence-corrected chi connectivity index (χ3v) is 3.74. The van der Waals surface area contributed by atoms with Gasteiger partial charge in [0.1, 0.15) is 5.54 Å². The molecule has 0 bridgehead atoms. The molecule has 1 aliphatic heterocycles. The van der Waals surface area contributed by atoms with Gasteiger partial charge in [-0.3, -0.25) is 4.79 Å². The summed E-state index contributed by atoms with van der Waals surface area (Å²) in [5, 5.41) is 9.11. The smallest absolute Gasteiger partial charge is 0.329 e. The van der Waals surface area contributed by atoms with Crippen molar-refractivity contribution in [2.45, 2.75) is 32.2 Å². The third-order valence-electron chi connectivity index (χ3n) is 3.74. The van der Waals surface area contributed by atoms with Crippen LogP contribution in [0.25, 0.3) is 0 Å². The van der Waals surface area contributed by atoms with Gasteiger partial charge in [-0.1, -0.05) is 0 Å². The van der Waals surface area contributed by atoms with Crippen LogP contribution in [-0.2, 0) is 9.59 Å². The Morgan fingerprint density at radius 1 is 1.37 bits per heavy atom. The zero-order chi connectivity index (χ0) is 14.8. The van der Waals surface area contributed by atoms with Crippen molar-refractivity contribution in [3.05, 3.63) is 0 Å². The molecule has 0 aromatic heterocycles. The molecule has 19 heavy (non-hydrogen) atoms. The molecule has 0 spiro atoms. The van der Waals surface area contributed by atoms with Gasteiger partial charge in [0.2, 0.25) is 5.91 Å². The minimum absolute atomic E-state index is 0.258. The normalized spacial score (nSPS) is 19.9. The highest BCUT2D eigenvalue weighted by atomic mass is 16.4. The van der Waals surface area contributed by atoms with Gasteiger partial charge in [0.15, 0.2) is 0 Å². The first-order valence-corrected chi connectivity index (χ1v) is 6.23. The molecule has 108 valence electrons. The number of urea groups is 1. The van der Waals surface area contributed by atoms with E-state index in [1.807, 2.05) is 0 Å². The minimum Gasteiger partial charge on any atom is -0.480 e. The highest BCUT2D eigenvalue weighted by molar-refractivity contribution is 5.86. The second-order valence-electron chi connectivity index (χ2n) is 5.39. The number of nitrogens with two attached hydrogens (primary N) is 1. The molecule has 1 fully saturated rings. The Kier molecular flexibility index (Phi) is 4.39. The Hall–Kier alpha value is -1.79. The van der Waals surface area contributed by atoms with E-state index in [0.29, 0.717) is 19.4 Å². The second kappa shape index (κ2) is 5.46. The number of carbonyl (C=O) groups excluding carboxylic acids is 2. The number of piperidine rings is 1. The molecule has 1 rings (SSSR count). The van der Waals surface area contributed by atoms with Crippen LogP contribution < -0.4 is 5.73 Å². The molecule has 1 saturated heterocycles. The Labute approximate surface area is 112 Å². The predicted molar refractivity (Wildman–Crippen MR) is 68.4 cm³/mol. The van der Waals surface area contributed by atoms with Crippen molar-refractivity contribution in [2.24, 2.45) is 11.7 Å². The molecular weight excluding hydrogens is 250 g/mol. The average Bonchev–Trinajstić information content (AvgIpc) is 2.36. The topological polar surface area (TPSA) is 104 Å². The Bertz CT molecular complexity index is 394. The summed E-state index contributed by atoms with van der Waals surface area (Å²) in [6, 6.07) is -0.390. The number of amides is 3. The van der Waals surface area contributed by atoms with E-state index in [4.69, 9.17) is 10.8 Å². The average molecular weight is 271 g/mol. The van der Waals surface area contributed by atoms with Crippen LogP contribution in [0.3, 0.4) is 0 Å². The van der Waals surface area contributed by atoms with Crippen molar-refractivity contribution in [3.8, 4) is 0 Å². The molecule has 1 atom stereocenters. The molecule has 1 aliphatic rings. The summed E-state index contributed by atoms with van der Waals surface area (Å²) >= 11 is 0. The number of rotatable bonds is 3. The van der Waals surface area contributed by atoms with E-state index in [2.05, 4.69) is 0 Å². The van der Waals surface area contributed by atoms with E-state index in [1.165, 1.54) is 30.7 Å². The van der Waals surface area contributed by atoms with Crippen LogP contribution in [0.2, 0.25) is 0 Å². The summed E-state index contributed by atoms with van der Waals surface area (Å²) in [7, 11) is 1.45. The van der Waals surface area contributed by atoms with Crippen LogP contribution in [0.1, 0.15) is 26.7 Å². The first-order chi connectivity index (χ1) is 8.67. The maximum atomic E-state index is 12.3. The van der Waals surface area contributed by atoms with E-state index in [9.17, 15) is 14.4 Å². The van der Waals surface area contributed by atoms with Crippen LogP contribution >= 0.6 is 0 Å². The fourth-order valence-electron chi connectivity index (χ4n) is 1.98. The number of carboxylic acid groups (broad SMARTS) is 1. The lowest BCUT2D eigenvalue weighted by atomic mass is 9.97. The molecule has 7 nitrogen and oxygen atoms in total. The highest BCUT2D eigenvalue weighted by Crippen LogP contribution is 2.20. The van der Waals surface area contributed by atoms with Gasteiger partial charge < -0.3 is 20.6 Å². The molecule has 7 heteroatoms.